The van der Waals surface area contributed by atoms with Crippen LogP contribution in [0.25, 0.3) is 0 Å². The van der Waals surface area contributed by atoms with Crippen LogP contribution in [-0.2, 0) is 0 Å². The average Bonchev–Trinajstić information content (AvgIpc) is 3.19. The second-order valence-corrected chi connectivity index (χ2v) is 10.5. The van der Waals surface area contributed by atoms with E-state index in [1.165, 1.54) is 35.4 Å². The van der Waals surface area contributed by atoms with Crippen molar-refractivity contribution in [2.45, 2.75) is 31.0 Å². The summed E-state index contributed by atoms with van der Waals surface area (Å²) < 4.78 is 0. The van der Waals surface area contributed by atoms with E-state index in [-0.39, 0.29) is 7.92 Å². The van der Waals surface area contributed by atoms with Crippen molar-refractivity contribution in [3.63, 3.8) is 0 Å². The fraction of sp³-hybridized carbons (Fsp3) is 0.308. The minimum Gasteiger partial charge on any atom is -0.302 e. The molecule has 0 bridgehead atoms. The maximum Gasteiger partial charge on any atom is 0.0376 e. The molecule has 4 rings (SSSR count). The zero-order chi connectivity index (χ0) is 19.3. The summed E-state index contributed by atoms with van der Waals surface area (Å²) in [7, 11) is 4.14. The van der Waals surface area contributed by atoms with Crippen LogP contribution in [0.5, 0.6) is 0 Å². The second kappa shape index (κ2) is 9.03. The predicted octanol–water partition coefficient (Wildman–Crippen LogP) is 5.59. The van der Waals surface area contributed by atoms with Gasteiger partial charge in [0.2, 0.25) is 0 Å². The Labute approximate surface area is 171 Å². The first-order valence-corrected chi connectivity index (χ1v) is 11.8. The Morgan fingerprint density at radius 1 is 0.714 bits per heavy atom. The molecule has 0 heterocycles. The van der Waals surface area contributed by atoms with E-state index in [2.05, 4.69) is 110 Å². The van der Waals surface area contributed by atoms with E-state index in [1.54, 1.807) is 0 Å². The standard InChI is InChI=1S/C26H30NP/c1-27(2)26(21-13-6-3-7-14-21)24-19-12-20-25(24)28(22-15-8-4-9-16-22)23-17-10-5-11-18-23/h3-11,13-18,24-26H,12,19-20H2,1-2H3/t24-,25+,26-/m1/s1. The number of nitrogens with zero attached hydrogens (tertiary/aromatic N) is 1. The van der Waals surface area contributed by atoms with E-state index in [0.717, 1.165) is 0 Å². The second-order valence-electron chi connectivity index (χ2n) is 8.02. The lowest BCUT2D eigenvalue weighted by molar-refractivity contribution is 0.217. The molecule has 28 heavy (non-hydrogen) atoms. The minimum absolute atomic E-state index is 0.366. The third kappa shape index (κ3) is 4.07. The molecule has 0 N–H and O–H groups in total. The molecule has 1 aliphatic rings. The maximum atomic E-state index is 2.45. The first-order valence-electron chi connectivity index (χ1n) is 10.4. The third-order valence-electron chi connectivity index (χ3n) is 6.03. The van der Waals surface area contributed by atoms with E-state index in [4.69, 9.17) is 0 Å². The molecule has 2 heteroatoms. The molecule has 0 saturated heterocycles. The molecule has 144 valence electrons. The lowest BCUT2D eigenvalue weighted by Gasteiger charge is -2.38. The molecule has 1 fully saturated rings. The van der Waals surface area contributed by atoms with Crippen LogP contribution < -0.4 is 10.6 Å². The van der Waals surface area contributed by atoms with Gasteiger partial charge in [-0.15, -0.1) is 0 Å². The van der Waals surface area contributed by atoms with Gasteiger partial charge in [-0.05, 0) is 62.6 Å². The van der Waals surface area contributed by atoms with Crippen LogP contribution in [0, 0.1) is 5.92 Å². The molecule has 0 amide bonds. The van der Waals surface area contributed by atoms with E-state index in [1.807, 2.05) is 0 Å². The van der Waals surface area contributed by atoms with E-state index >= 15 is 0 Å². The average molecular weight is 388 g/mol. The molecular weight excluding hydrogens is 357 g/mol. The van der Waals surface area contributed by atoms with Crippen molar-refractivity contribution in [1.82, 2.24) is 4.90 Å². The highest BCUT2D eigenvalue weighted by Gasteiger charge is 2.40. The third-order valence-corrected chi connectivity index (χ3v) is 9.05. The van der Waals surface area contributed by atoms with Gasteiger partial charge in [0.25, 0.3) is 0 Å². The Morgan fingerprint density at radius 3 is 1.71 bits per heavy atom. The monoisotopic (exact) mass is 387 g/mol. The largest absolute Gasteiger partial charge is 0.302 e. The van der Waals surface area contributed by atoms with Crippen molar-refractivity contribution < 1.29 is 0 Å². The van der Waals surface area contributed by atoms with Crippen LogP contribution in [0.2, 0.25) is 0 Å². The molecular formula is C26H30NP. The summed E-state index contributed by atoms with van der Waals surface area (Å²) in [4.78, 5) is 2.45. The molecule has 0 unspecified atom stereocenters. The van der Waals surface area contributed by atoms with Gasteiger partial charge in [-0.3, -0.25) is 0 Å². The Bertz CT molecular complexity index is 808. The molecule has 3 aromatic carbocycles. The SMILES string of the molecule is CN(C)[C@H](c1ccccc1)[C@@H]1CCC[C@@H]1P(c1ccccc1)c1ccccc1. The predicted molar refractivity (Wildman–Crippen MR) is 123 cm³/mol. The number of hydrogen-bond acceptors (Lipinski definition) is 1. The Morgan fingerprint density at radius 2 is 1.21 bits per heavy atom. The fourth-order valence-corrected chi connectivity index (χ4v) is 8.13. The van der Waals surface area contributed by atoms with Gasteiger partial charge in [0.1, 0.15) is 0 Å². The van der Waals surface area contributed by atoms with Crippen molar-refractivity contribution in [1.29, 1.82) is 0 Å². The molecule has 0 aromatic heterocycles. The number of benzene rings is 3. The van der Waals surface area contributed by atoms with Gasteiger partial charge in [0.05, 0.1) is 0 Å². The Hall–Kier alpha value is -1.95. The zero-order valence-electron chi connectivity index (χ0n) is 16.9. The summed E-state index contributed by atoms with van der Waals surface area (Å²) in [6, 6.07) is 34.1. The first-order chi connectivity index (χ1) is 13.8. The summed E-state index contributed by atoms with van der Waals surface area (Å²) in [5.41, 5.74) is 2.17. The topological polar surface area (TPSA) is 3.24 Å². The highest BCUT2D eigenvalue weighted by Crippen LogP contribution is 2.54. The molecule has 0 spiro atoms. The van der Waals surface area contributed by atoms with Gasteiger partial charge in [-0.1, -0.05) is 97.4 Å². The molecule has 1 saturated carbocycles. The molecule has 1 aliphatic carbocycles. The van der Waals surface area contributed by atoms with Gasteiger partial charge in [0, 0.05) is 6.04 Å². The summed E-state index contributed by atoms with van der Waals surface area (Å²) in [5.74, 6) is 0.684. The van der Waals surface area contributed by atoms with Crippen LogP contribution in [0.3, 0.4) is 0 Å². The quantitative estimate of drug-likeness (QED) is 0.498. The van der Waals surface area contributed by atoms with Crippen LogP contribution in [0.1, 0.15) is 30.9 Å². The van der Waals surface area contributed by atoms with Crippen LogP contribution in [0.4, 0.5) is 0 Å². The molecule has 3 aromatic rings. The lowest BCUT2D eigenvalue weighted by Crippen LogP contribution is -2.34. The van der Waals surface area contributed by atoms with Crippen molar-refractivity contribution in [2.75, 3.05) is 14.1 Å². The van der Waals surface area contributed by atoms with E-state index in [9.17, 15) is 0 Å². The summed E-state index contributed by atoms with van der Waals surface area (Å²) in [5, 5.41) is 3.04. The van der Waals surface area contributed by atoms with Crippen LogP contribution in [-0.4, -0.2) is 24.7 Å². The van der Waals surface area contributed by atoms with Crippen molar-refractivity contribution in [2.24, 2.45) is 5.92 Å². The van der Waals surface area contributed by atoms with Crippen LogP contribution in [0.15, 0.2) is 91.0 Å². The highest BCUT2D eigenvalue weighted by atomic mass is 31.1. The Kier molecular flexibility index (Phi) is 6.25. The van der Waals surface area contributed by atoms with Gasteiger partial charge in [0.15, 0.2) is 0 Å². The minimum atomic E-state index is -0.366. The van der Waals surface area contributed by atoms with E-state index < -0.39 is 0 Å². The molecule has 3 atom stereocenters. The smallest absolute Gasteiger partial charge is 0.0376 e. The van der Waals surface area contributed by atoms with Gasteiger partial charge < -0.3 is 4.90 Å². The molecule has 0 aliphatic heterocycles. The normalized spacial score (nSPS) is 20.6. The van der Waals surface area contributed by atoms with Crippen molar-refractivity contribution in [3.05, 3.63) is 96.6 Å². The number of rotatable bonds is 6. The molecule has 0 radical (unpaired) electrons. The van der Waals surface area contributed by atoms with Gasteiger partial charge in [-0.25, -0.2) is 0 Å². The zero-order valence-corrected chi connectivity index (χ0v) is 17.8. The van der Waals surface area contributed by atoms with Gasteiger partial charge >= 0.3 is 0 Å². The molecule has 1 nitrogen and oxygen atoms in total. The van der Waals surface area contributed by atoms with E-state index in [0.29, 0.717) is 17.6 Å². The maximum absolute atomic E-state index is 2.45. The summed E-state index contributed by atoms with van der Waals surface area (Å²) >= 11 is 0. The lowest BCUT2D eigenvalue weighted by atomic mass is 9.90. The van der Waals surface area contributed by atoms with Crippen LogP contribution >= 0.6 is 7.92 Å². The van der Waals surface area contributed by atoms with Crippen molar-refractivity contribution >= 4 is 18.5 Å². The summed E-state index contributed by atoms with van der Waals surface area (Å²) in [6.07, 6.45) is 3.99. The summed E-state index contributed by atoms with van der Waals surface area (Å²) in [6.45, 7) is 0. The van der Waals surface area contributed by atoms with Gasteiger partial charge in [-0.2, -0.15) is 0 Å². The fourth-order valence-electron chi connectivity index (χ4n) is 4.95. The number of hydrogen-bond donors (Lipinski definition) is 0. The highest BCUT2D eigenvalue weighted by molar-refractivity contribution is 7.73. The Balaban J connectivity index is 1.75. The first kappa shape index (κ1) is 19.4. The van der Waals surface area contributed by atoms with Crippen molar-refractivity contribution in [3.8, 4) is 0 Å².